The molecule has 3 heteroatoms. The Bertz CT molecular complexity index is 482. The van der Waals surface area contributed by atoms with Crippen molar-refractivity contribution in [3.05, 3.63) is 73.1 Å². The van der Waals surface area contributed by atoms with E-state index in [1.54, 1.807) is 30.5 Å². The summed E-state index contributed by atoms with van der Waals surface area (Å²) in [5.74, 6) is 0. The molecule has 1 heterocycles. The third-order valence-electron chi connectivity index (χ3n) is 2.14. The zero-order chi connectivity index (χ0) is 13.2. The number of hydrogen-bond acceptors (Lipinski definition) is 3. The highest BCUT2D eigenvalue weighted by atomic mass is 14.7. The second-order valence-corrected chi connectivity index (χ2v) is 3.59. The monoisotopic (exact) mass is 239 g/mol. The number of pyridine rings is 1. The normalized spacial score (nSPS) is 12.1. The van der Waals surface area contributed by atoms with E-state index in [0.717, 1.165) is 5.69 Å². The summed E-state index contributed by atoms with van der Waals surface area (Å²) in [5, 5.41) is 7.59. The summed E-state index contributed by atoms with van der Waals surface area (Å²) in [7, 11) is 0. The van der Waals surface area contributed by atoms with Gasteiger partial charge in [0.15, 0.2) is 0 Å². The molecule has 0 unspecified atom stereocenters. The van der Waals surface area contributed by atoms with Crippen molar-refractivity contribution in [2.24, 2.45) is 5.73 Å². The second kappa shape index (κ2) is 7.79. The molecule has 0 spiro atoms. The van der Waals surface area contributed by atoms with E-state index in [2.05, 4.69) is 11.6 Å². The lowest BCUT2D eigenvalue weighted by Gasteiger charge is -1.97. The van der Waals surface area contributed by atoms with E-state index in [9.17, 15) is 0 Å². The van der Waals surface area contributed by atoms with E-state index >= 15 is 0 Å². The minimum atomic E-state index is 0.524. The van der Waals surface area contributed by atoms with Crippen molar-refractivity contribution in [3.63, 3.8) is 0 Å². The Morgan fingerprint density at radius 1 is 1.39 bits per heavy atom. The van der Waals surface area contributed by atoms with Gasteiger partial charge in [-0.15, -0.1) is 0 Å². The average molecular weight is 239 g/mol. The maximum atomic E-state index is 7.59. The highest BCUT2D eigenvalue weighted by molar-refractivity contribution is 5.93. The Hall–Kier alpha value is -2.42. The average Bonchev–Trinajstić information content (AvgIpc) is 2.42. The molecule has 1 aromatic rings. The Morgan fingerprint density at radius 3 is 2.89 bits per heavy atom. The molecule has 0 aliphatic carbocycles. The third kappa shape index (κ3) is 5.07. The summed E-state index contributed by atoms with van der Waals surface area (Å²) in [6.07, 6.45) is 12.9. The van der Waals surface area contributed by atoms with Crippen LogP contribution in [0.4, 0.5) is 0 Å². The van der Waals surface area contributed by atoms with Gasteiger partial charge in [0.2, 0.25) is 0 Å². The van der Waals surface area contributed by atoms with Gasteiger partial charge in [0.25, 0.3) is 0 Å². The summed E-state index contributed by atoms with van der Waals surface area (Å²) in [4.78, 5) is 4.14. The van der Waals surface area contributed by atoms with Gasteiger partial charge >= 0.3 is 0 Å². The van der Waals surface area contributed by atoms with Gasteiger partial charge in [0.1, 0.15) is 0 Å². The van der Waals surface area contributed by atoms with Crippen molar-refractivity contribution < 1.29 is 0 Å². The van der Waals surface area contributed by atoms with Crippen molar-refractivity contribution in [3.8, 4) is 0 Å². The molecule has 0 aliphatic heterocycles. The van der Waals surface area contributed by atoms with Gasteiger partial charge in [-0.1, -0.05) is 36.9 Å². The molecule has 0 amide bonds. The van der Waals surface area contributed by atoms with Gasteiger partial charge in [-0.3, -0.25) is 4.98 Å². The Morgan fingerprint density at radius 2 is 2.22 bits per heavy atom. The van der Waals surface area contributed by atoms with Gasteiger partial charge < -0.3 is 11.1 Å². The lowest BCUT2D eigenvalue weighted by molar-refractivity contribution is 1.26. The molecule has 1 aromatic heterocycles. The summed E-state index contributed by atoms with van der Waals surface area (Å²) < 4.78 is 0. The van der Waals surface area contributed by atoms with Crippen LogP contribution in [0.2, 0.25) is 0 Å². The molecule has 1 rings (SSSR count). The lowest BCUT2D eigenvalue weighted by Crippen LogP contribution is -1.97. The topological polar surface area (TPSA) is 62.8 Å². The summed E-state index contributed by atoms with van der Waals surface area (Å²) >= 11 is 0. The van der Waals surface area contributed by atoms with Crippen molar-refractivity contribution >= 4 is 11.4 Å². The first-order chi connectivity index (χ1) is 8.74. The van der Waals surface area contributed by atoms with Crippen LogP contribution in [0.3, 0.4) is 0 Å². The Labute approximate surface area is 108 Å². The third-order valence-corrected chi connectivity index (χ3v) is 2.14. The van der Waals surface area contributed by atoms with E-state index in [1.807, 2.05) is 30.4 Å². The number of allylic oxidation sites excluding steroid dienone is 6. The van der Waals surface area contributed by atoms with Crippen LogP contribution in [0, 0.1) is 5.41 Å². The first-order valence-electron chi connectivity index (χ1n) is 5.64. The van der Waals surface area contributed by atoms with E-state index < -0.39 is 0 Å². The van der Waals surface area contributed by atoms with Gasteiger partial charge in [-0.05, 0) is 24.3 Å². The first kappa shape index (κ1) is 13.6. The fraction of sp³-hybridized carbons (Fsp3) is 0.0667. The smallest absolute Gasteiger partial charge is 0.0858 e. The molecule has 0 radical (unpaired) electrons. The van der Waals surface area contributed by atoms with Crippen LogP contribution in [0.5, 0.6) is 0 Å². The molecular weight excluding hydrogens is 222 g/mol. The molecule has 0 atom stereocenters. The van der Waals surface area contributed by atoms with Crippen LogP contribution >= 0.6 is 0 Å². The zero-order valence-corrected chi connectivity index (χ0v) is 10.2. The number of nitrogens with one attached hydrogen (secondary N) is 1. The number of hydrogen-bond donors (Lipinski definition) is 2. The first-order valence-corrected chi connectivity index (χ1v) is 5.64. The number of nitrogens with zero attached hydrogens (tertiary/aromatic N) is 1. The van der Waals surface area contributed by atoms with E-state index in [-0.39, 0.29) is 0 Å². The number of aromatic nitrogens is 1. The molecule has 0 bridgehead atoms. The molecule has 3 N–H and O–H groups in total. The van der Waals surface area contributed by atoms with Gasteiger partial charge in [-0.25, -0.2) is 0 Å². The van der Waals surface area contributed by atoms with E-state index in [0.29, 0.717) is 17.8 Å². The maximum absolute atomic E-state index is 7.59. The SMILES string of the molecule is C=C/C=C\C(=N)C/C=C\C=C(/N)c1ccccn1. The van der Waals surface area contributed by atoms with Crippen molar-refractivity contribution in [2.45, 2.75) is 6.42 Å². The quantitative estimate of drug-likeness (QED) is 0.592. The van der Waals surface area contributed by atoms with E-state index in [4.69, 9.17) is 11.1 Å². The van der Waals surface area contributed by atoms with Crippen molar-refractivity contribution in [2.75, 3.05) is 0 Å². The molecule has 18 heavy (non-hydrogen) atoms. The lowest BCUT2D eigenvalue weighted by atomic mass is 10.2. The minimum absolute atomic E-state index is 0.524. The summed E-state index contributed by atoms with van der Waals surface area (Å²) in [5.41, 5.74) is 7.75. The summed E-state index contributed by atoms with van der Waals surface area (Å²) in [6.45, 7) is 3.55. The fourth-order valence-electron chi connectivity index (χ4n) is 1.24. The van der Waals surface area contributed by atoms with Gasteiger partial charge in [0, 0.05) is 18.3 Å². The van der Waals surface area contributed by atoms with Crippen LogP contribution in [0.25, 0.3) is 5.70 Å². The molecule has 0 fully saturated rings. The van der Waals surface area contributed by atoms with Crippen LogP contribution in [-0.4, -0.2) is 10.7 Å². The predicted molar refractivity (Wildman–Crippen MR) is 77.2 cm³/mol. The molecule has 0 saturated heterocycles. The molecule has 0 aliphatic rings. The van der Waals surface area contributed by atoms with Crippen molar-refractivity contribution in [1.82, 2.24) is 4.98 Å². The van der Waals surface area contributed by atoms with Crippen LogP contribution in [-0.2, 0) is 0 Å². The van der Waals surface area contributed by atoms with Crippen LogP contribution in [0.15, 0.2) is 67.4 Å². The molecule has 0 saturated carbocycles. The fourth-order valence-corrected chi connectivity index (χ4v) is 1.24. The minimum Gasteiger partial charge on any atom is -0.397 e. The highest BCUT2D eigenvalue weighted by Crippen LogP contribution is 2.04. The van der Waals surface area contributed by atoms with Crippen molar-refractivity contribution in [1.29, 1.82) is 5.41 Å². The maximum Gasteiger partial charge on any atom is 0.0858 e. The molecule has 0 aromatic carbocycles. The van der Waals surface area contributed by atoms with Gasteiger partial charge in [0.05, 0.1) is 11.4 Å². The molecule has 92 valence electrons. The van der Waals surface area contributed by atoms with Crippen LogP contribution < -0.4 is 5.73 Å². The second-order valence-electron chi connectivity index (χ2n) is 3.59. The van der Waals surface area contributed by atoms with Crippen LogP contribution in [0.1, 0.15) is 12.1 Å². The predicted octanol–water partition coefficient (Wildman–Crippen LogP) is 3.09. The van der Waals surface area contributed by atoms with Gasteiger partial charge in [-0.2, -0.15) is 0 Å². The van der Waals surface area contributed by atoms with E-state index in [1.165, 1.54) is 0 Å². The number of rotatable bonds is 6. The molecular formula is C15H17N3. The number of nitrogens with two attached hydrogens (primary N) is 1. The Balaban J connectivity index is 2.51. The standard InChI is InChI=1S/C15H17N3/c1-2-3-8-13(16)9-4-5-10-14(17)15-11-6-7-12-18-15/h2-8,10-12,16H,1,9,17H2/b5-4-,8-3-,14-10-,16-13?. The molecule has 3 nitrogen and oxygen atoms in total. The highest BCUT2D eigenvalue weighted by Gasteiger charge is 1.93. The largest absolute Gasteiger partial charge is 0.397 e. The zero-order valence-electron chi connectivity index (χ0n) is 10.2. The Kier molecular flexibility index (Phi) is 5.90. The summed E-state index contributed by atoms with van der Waals surface area (Å²) in [6, 6.07) is 5.59.